The second-order valence-electron chi connectivity index (χ2n) is 5.80. The number of carbonyl (C=O) groups excluding carboxylic acids is 2. The molecule has 2 rings (SSSR count). The summed E-state index contributed by atoms with van der Waals surface area (Å²) in [5.41, 5.74) is 0.220. The SMILES string of the molecule is CCCNC(=O)c1coc(CN(CCC)C(=O)COc2ccccc2)n1. The van der Waals surface area contributed by atoms with Gasteiger partial charge in [0, 0.05) is 13.1 Å². The molecule has 7 nitrogen and oxygen atoms in total. The molecule has 1 N–H and O–H groups in total. The molecule has 1 aromatic heterocycles. The Labute approximate surface area is 153 Å². The summed E-state index contributed by atoms with van der Waals surface area (Å²) >= 11 is 0. The second-order valence-corrected chi connectivity index (χ2v) is 5.80. The summed E-state index contributed by atoms with van der Waals surface area (Å²) in [6.45, 7) is 5.23. The molecule has 2 aromatic rings. The van der Waals surface area contributed by atoms with Gasteiger partial charge < -0.3 is 19.4 Å². The predicted molar refractivity (Wildman–Crippen MR) is 96.8 cm³/mol. The van der Waals surface area contributed by atoms with Crippen LogP contribution in [0.5, 0.6) is 5.75 Å². The molecule has 26 heavy (non-hydrogen) atoms. The van der Waals surface area contributed by atoms with E-state index < -0.39 is 0 Å². The minimum Gasteiger partial charge on any atom is -0.484 e. The quantitative estimate of drug-likeness (QED) is 0.705. The molecule has 2 amide bonds. The van der Waals surface area contributed by atoms with E-state index in [2.05, 4.69) is 10.3 Å². The van der Waals surface area contributed by atoms with E-state index in [1.807, 2.05) is 32.0 Å². The number of nitrogens with one attached hydrogen (secondary N) is 1. The van der Waals surface area contributed by atoms with E-state index >= 15 is 0 Å². The zero-order chi connectivity index (χ0) is 18.8. The van der Waals surface area contributed by atoms with Crippen molar-refractivity contribution in [1.82, 2.24) is 15.2 Å². The number of carbonyl (C=O) groups is 2. The van der Waals surface area contributed by atoms with E-state index in [1.165, 1.54) is 6.26 Å². The summed E-state index contributed by atoms with van der Waals surface area (Å²) in [7, 11) is 0. The van der Waals surface area contributed by atoms with E-state index in [1.54, 1.807) is 17.0 Å². The molecule has 0 unspecified atom stereocenters. The monoisotopic (exact) mass is 359 g/mol. The Morgan fingerprint density at radius 1 is 1.19 bits per heavy atom. The van der Waals surface area contributed by atoms with Crippen LogP contribution < -0.4 is 10.1 Å². The summed E-state index contributed by atoms with van der Waals surface area (Å²) < 4.78 is 10.9. The number of hydrogen-bond donors (Lipinski definition) is 1. The first kappa shape index (κ1) is 19.5. The van der Waals surface area contributed by atoms with Crippen molar-refractivity contribution in [2.45, 2.75) is 33.2 Å². The first-order valence-electron chi connectivity index (χ1n) is 8.82. The summed E-state index contributed by atoms with van der Waals surface area (Å²) in [6.07, 6.45) is 2.95. The van der Waals surface area contributed by atoms with E-state index in [4.69, 9.17) is 9.15 Å². The van der Waals surface area contributed by atoms with Crippen molar-refractivity contribution in [3.63, 3.8) is 0 Å². The van der Waals surface area contributed by atoms with E-state index in [0.717, 1.165) is 12.8 Å². The summed E-state index contributed by atoms with van der Waals surface area (Å²) in [6, 6.07) is 9.18. The molecule has 0 radical (unpaired) electrons. The molecular formula is C19H25N3O4. The zero-order valence-corrected chi connectivity index (χ0v) is 15.2. The lowest BCUT2D eigenvalue weighted by Crippen LogP contribution is -2.35. The van der Waals surface area contributed by atoms with Crippen LogP contribution in [-0.4, -0.2) is 41.4 Å². The molecule has 0 aliphatic carbocycles. The van der Waals surface area contributed by atoms with Gasteiger partial charge in [0.2, 0.25) is 5.89 Å². The van der Waals surface area contributed by atoms with Crippen molar-refractivity contribution < 1.29 is 18.7 Å². The Bertz CT molecular complexity index is 700. The van der Waals surface area contributed by atoms with Crippen LogP contribution in [0, 0.1) is 0 Å². The number of hydrogen-bond acceptors (Lipinski definition) is 5. The molecule has 0 spiro atoms. The van der Waals surface area contributed by atoms with Crippen LogP contribution in [0.2, 0.25) is 0 Å². The van der Waals surface area contributed by atoms with Gasteiger partial charge in [-0.3, -0.25) is 9.59 Å². The van der Waals surface area contributed by atoms with Gasteiger partial charge in [0.25, 0.3) is 11.8 Å². The molecule has 0 fully saturated rings. The van der Waals surface area contributed by atoms with Crippen LogP contribution in [0.4, 0.5) is 0 Å². The number of oxazole rings is 1. The molecule has 0 aliphatic rings. The Morgan fingerprint density at radius 3 is 2.65 bits per heavy atom. The molecule has 0 aliphatic heterocycles. The third kappa shape index (κ3) is 5.91. The molecular weight excluding hydrogens is 334 g/mol. The number of para-hydroxylation sites is 1. The fourth-order valence-electron chi connectivity index (χ4n) is 2.30. The maximum atomic E-state index is 12.4. The maximum absolute atomic E-state index is 12.4. The van der Waals surface area contributed by atoms with Crippen LogP contribution in [0.1, 0.15) is 43.1 Å². The minimum atomic E-state index is -0.275. The van der Waals surface area contributed by atoms with Gasteiger partial charge in [-0.2, -0.15) is 0 Å². The highest BCUT2D eigenvalue weighted by atomic mass is 16.5. The minimum absolute atomic E-state index is 0.0609. The zero-order valence-electron chi connectivity index (χ0n) is 15.2. The van der Waals surface area contributed by atoms with Gasteiger partial charge in [0.15, 0.2) is 12.3 Å². The third-order valence-corrected chi connectivity index (χ3v) is 3.60. The van der Waals surface area contributed by atoms with Crippen LogP contribution in [0.15, 0.2) is 41.0 Å². The van der Waals surface area contributed by atoms with Gasteiger partial charge in [-0.1, -0.05) is 32.0 Å². The van der Waals surface area contributed by atoms with Gasteiger partial charge in [-0.15, -0.1) is 0 Å². The van der Waals surface area contributed by atoms with Crippen molar-refractivity contribution >= 4 is 11.8 Å². The number of benzene rings is 1. The lowest BCUT2D eigenvalue weighted by atomic mass is 10.3. The first-order valence-corrected chi connectivity index (χ1v) is 8.82. The highest BCUT2D eigenvalue weighted by molar-refractivity contribution is 5.91. The summed E-state index contributed by atoms with van der Waals surface area (Å²) in [5, 5.41) is 2.74. The summed E-state index contributed by atoms with van der Waals surface area (Å²) in [4.78, 5) is 30.1. The lowest BCUT2D eigenvalue weighted by Gasteiger charge is -2.20. The van der Waals surface area contributed by atoms with Crippen molar-refractivity contribution in [2.75, 3.05) is 19.7 Å². The number of amides is 2. The maximum Gasteiger partial charge on any atom is 0.273 e. The normalized spacial score (nSPS) is 10.4. The molecule has 1 heterocycles. The van der Waals surface area contributed by atoms with Gasteiger partial charge >= 0.3 is 0 Å². The number of aromatic nitrogens is 1. The highest BCUT2D eigenvalue weighted by Crippen LogP contribution is 2.10. The fraction of sp³-hybridized carbons (Fsp3) is 0.421. The van der Waals surface area contributed by atoms with Crippen LogP contribution >= 0.6 is 0 Å². The average molecular weight is 359 g/mol. The van der Waals surface area contributed by atoms with Crippen molar-refractivity contribution in [1.29, 1.82) is 0 Å². The largest absolute Gasteiger partial charge is 0.484 e. The van der Waals surface area contributed by atoms with Gasteiger partial charge in [-0.25, -0.2) is 4.98 Å². The van der Waals surface area contributed by atoms with Gasteiger partial charge in [0.05, 0.1) is 6.54 Å². The molecule has 140 valence electrons. The number of nitrogens with zero attached hydrogens (tertiary/aromatic N) is 2. The summed E-state index contributed by atoms with van der Waals surface area (Å²) in [5.74, 6) is 0.532. The topological polar surface area (TPSA) is 84.7 Å². The molecule has 1 aromatic carbocycles. The number of rotatable bonds is 10. The molecule has 0 atom stereocenters. The average Bonchev–Trinajstić information content (AvgIpc) is 3.13. The number of ether oxygens (including phenoxy) is 1. The smallest absolute Gasteiger partial charge is 0.273 e. The van der Waals surface area contributed by atoms with Crippen LogP contribution in [0.25, 0.3) is 0 Å². The van der Waals surface area contributed by atoms with Crippen molar-refractivity contribution in [2.24, 2.45) is 0 Å². The van der Waals surface area contributed by atoms with Crippen molar-refractivity contribution in [3.8, 4) is 5.75 Å². The van der Waals surface area contributed by atoms with Crippen molar-refractivity contribution in [3.05, 3.63) is 48.2 Å². The van der Waals surface area contributed by atoms with E-state index in [-0.39, 0.29) is 30.7 Å². The van der Waals surface area contributed by atoms with E-state index in [9.17, 15) is 9.59 Å². The Hall–Kier alpha value is -2.83. The standard InChI is InChI=1S/C19H25N3O4/c1-3-10-20-19(24)16-13-26-17(21-16)12-22(11-4-2)18(23)14-25-15-8-6-5-7-9-15/h5-9,13H,3-4,10-12,14H2,1-2H3,(H,20,24). The molecule has 0 saturated heterocycles. The molecule has 7 heteroatoms. The molecule has 0 bridgehead atoms. The fourth-order valence-corrected chi connectivity index (χ4v) is 2.30. The van der Waals surface area contributed by atoms with Gasteiger partial charge in [0.1, 0.15) is 12.0 Å². The highest BCUT2D eigenvalue weighted by Gasteiger charge is 2.18. The van der Waals surface area contributed by atoms with E-state index in [0.29, 0.717) is 24.7 Å². The Morgan fingerprint density at radius 2 is 1.96 bits per heavy atom. The van der Waals surface area contributed by atoms with Gasteiger partial charge in [-0.05, 0) is 25.0 Å². The Balaban J connectivity index is 1.93. The van der Waals surface area contributed by atoms with Crippen LogP contribution in [0.3, 0.4) is 0 Å². The molecule has 0 saturated carbocycles. The third-order valence-electron chi connectivity index (χ3n) is 3.60. The lowest BCUT2D eigenvalue weighted by molar-refractivity contribution is -0.134. The second kappa shape index (κ2) is 10.2. The predicted octanol–water partition coefficient (Wildman–Crippen LogP) is 2.63. The van der Waals surface area contributed by atoms with Crippen LogP contribution in [-0.2, 0) is 11.3 Å². The first-order chi connectivity index (χ1) is 12.6. The Kier molecular flexibility index (Phi) is 7.67.